The van der Waals surface area contributed by atoms with Gasteiger partial charge in [-0.2, -0.15) is 15.3 Å². The molecular formula is C14H11N5. The number of benzene rings is 2. The molecular weight excluding hydrogens is 238 g/mol. The first-order chi connectivity index (χ1) is 9.42. The molecule has 0 bridgehead atoms. The van der Waals surface area contributed by atoms with Crippen molar-refractivity contribution >= 4 is 11.4 Å². The van der Waals surface area contributed by atoms with Gasteiger partial charge in [-0.1, -0.05) is 30.3 Å². The summed E-state index contributed by atoms with van der Waals surface area (Å²) in [6.07, 6.45) is 1.48. The van der Waals surface area contributed by atoms with Gasteiger partial charge in [-0.3, -0.25) is 5.10 Å². The summed E-state index contributed by atoms with van der Waals surface area (Å²) in [5, 5.41) is 15.0. The Hall–Kier alpha value is -2.82. The van der Waals surface area contributed by atoms with Crippen molar-refractivity contribution in [3.05, 3.63) is 60.9 Å². The molecule has 19 heavy (non-hydrogen) atoms. The van der Waals surface area contributed by atoms with Crippen molar-refractivity contribution in [2.24, 2.45) is 10.2 Å². The van der Waals surface area contributed by atoms with Crippen LogP contribution in [0.15, 0.2) is 71.2 Å². The van der Waals surface area contributed by atoms with Gasteiger partial charge in [0, 0.05) is 5.56 Å². The van der Waals surface area contributed by atoms with Crippen LogP contribution in [0.4, 0.5) is 11.4 Å². The number of hydrogen-bond acceptors (Lipinski definition) is 4. The van der Waals surface area contributed by atoms with E-state index in [1.807, 2.05) is 54.6 Å². The summed E-state index contributed by atoms with van der Waals surface area (Å²) in [4.78, 5) is 4.11. The fourth-order valence-electron chi connectivity index (χ4n) is 1.67. The van der Waals surface area contributed by atoms with E-state index in [1.54, 1.807) is 0 Å². The quantitative estimate of drug-likeness (QED) is 0.715. The molecule has 0 spiro atoms. The summed E-state index contributed by atoms with van der Waals surface area (Å²) in [5.41, 5.74) is 2.53. The first-order valence-corrected chi connectivity index (χ1v) is 5.84. The molecule has 0 saturated heterocycles. The number of azo groups is 1. The third kappa shape index (κ3) is 2.71. The lowest BCUT2D eigenvalue weighted by Crippen LogP contribution is -1.79. The van der Waals surface area contributed by atoms with Gasteiger partial charge in [-0.25, -0.2) is 4.98 Å². The summed E-state index contributed by atoms with van der Waals surface area (Å²) < 4.78 is 0. The second kappa shape index (κ2) is 5.22. The van der Waals surface area contributed by atoms with Crippen LogP contribution < -0.4 is 0 Å². The van der Waals surface area contributed by atoms with Crippen LogP contribution in [-0.4, -0.2) is 15.2 Å². The number of nitrogens with one attached hydrogen (secondary N) is 1. The molecule has 0 saturated carbocycles. The molecule has 0 amide bonds. The van der Waals surface area contributed by atoms with Crippen LogP contribution in [0.1, 0.15) is 0 Å². The van der Waals surface area contributed by atoms with Crippen LogP contribution in [-0.2, 0) is 0 Å². The molecule has 3 rings (SSSR count). The number of hydrogen-bond donors (Lipinski definition) is 1. The topological polar surface area (TPSA) is 66.3 Å². The van der Waals surface area contributed by atoms with Gasteiger partial charge in [0.25, 0.3) is 0 Å². The van der Waals surface area contributed by atoms with Gasteiger partial charge in [0.05, 0.1) is 11.4 Å². The number of nitrogens with zero attached hydrogens (tertiary/aromatic N) is 4. The lowest BCUT2D eigenvalue weighted by Gasteiger charge is -1.97. The SMILES string of the molecule is c1ccc(N=Nc2cccc(-c3ncn[nH]3)c2)cc1. The molecule has 5 heteroatoms. The molecule has 0 aliphatic carbocycles. The molecule has 0 radical (unpaired) electrons. The van der Waals surface area contributed by atoms with Crippen LogP contribution in [0.25, 0.3) is 11.4 Å². The highest BCUT2D eigenvalue weighted by atomic mass is 15.2. The van der Waals surface area contributed by atoms with Crippen LogP contribution >= 0.6 is 0 Å². The van der Waals surface area contributed by atoms with Crippen molar-refractivity contribution in [1.82, 2.24) is 15.2 Å². The Kier molecular flexibility index (Phi) is 3.10. The molecule has 3 aromatic rings. The maximum absolute atomic E-state index is 4.21. The normalized spacial score (nSPS) is 10.9. The Morgan fingerprint density at radius 3 is 2.42 bits per heavy atom. The predicted octanol–water partition coefficient (Wildman–Crippen LogP) is 3.89. The maximum Gasteiger partial charge on any atom is 0.155 e. The average molecular weight is 249 g/mol. The summed E-state index contributed by atoms with van der Waals surface area (Å²) in [5.74, 6) is 0.719. The van der Waals surface area contributed by atoms with Crippen LogP contribution in [0.5, 0.6) is 0 Å². The Balaban J connectivity index is 1.86. The van der Waals surface area contributed by atoms with Crippen LogP contribution in [0.2, 0.25) is 0 Å². The van der Waals surface area contributed by atoms with Crippen molar-refractivity contribution in [2.45, 2.75) is 0 Å². The van der Waals surface area contributed by atoms with Gasteiger partial charge in [0.1, 0.15) is 6.33 Å². The highest BCUT2D eigenvalue weighted by Crippen LogP contribution is 2.22. The van der Waals surface area contributed by atoms with Crippen LogP contribution in [0.3, 0.4) is 0 Å². The average Bonchev–Trinajstić information content (AvgIpc) is 3.01. The van der Waals surface area contributed by atoms with E-state index in [9.17, 15) is 0 Å². The molecule has 0 aliphatic rings. The van der Waals surface area contributed by atoms with E-state index < -0.39 is 0 Å². The molecule has 1 heterocycles. The van der Waals surface area contributed by atoms with E-state index in [1.165, 1.54) is 6.33 Å². The number of aromatic nitrogens is 3. The summed E-state index contributed by atoms with van der Waals surface area (Å²) in [6.45, 7) is 0. The summed E-state index contributed by atoms with van der Waals surface area (Å²) in [7, 11) is 0. The minimum atomic E-state index is 0.719. The van der Waals surface area contributed by atoms with Crippen molar-refractivity contribution in [3.63, 3.8) is 0 Å². The standard InChI is InChI=1S/C14H11N5/c1-2-6-12(7-3-1)17-18-13-8-4-5-11(9-13)14-15-10-16-19-14/h1-10H,(H,15,16,19). The summed E-state index contributed by atoms with van der Waals surface area (Å²) in [6, 6.07) is 17.3. The van der Waals surface area contributed by atoms with E-state index in [0.717, 1.165) is 22.8 Å². The third-order valence-electron chi connectivity index (χ3n) is 2.57. The third-order valence-corrected chi connectivity index (χ3v) is 2.57. The molecule has 1 aromatic heterocycles. The fraction of sp³-hybridized carbons (Fsp3) is 0. The molecule has 0 fully saturated rings. The zero-order valence-corrected chi connectivity index (χ0v) is 10.1. The maximum atomic E-state index is 4.21. The number of rotatable bonds is 3. The van der Waals surface area contributed by atoms with Gasteiger partial charge >= 0.3 is 0 Å². The fourth-order valence-corrected chi connectivity index (χ4v) is 1.67. The Morgan fingerprint density at radius 2 is 1.63 bits per heavy atom. The second-order valence-electron chi connectivity index (χ2n) is 3.92. The Bertz CT molecular complexity index is 674. The molecule has 5 nitrogen and oxygen atoms in total. The Labute approximate surface area is 110 Å². The molecule has 2 aromatic carbocycles. The predicted molar refractivity (Wildman–Crippen MR) is 72.4 cm³/mol. The minimum Gasteiger partial charge on any atom is -0.259 e. The molecule has 0 atom stereocenters. The van der Waals surface area contributed by atoms with Crippen LogP contribution in [0, 0.1) is 0 Å². The zero-order valence-electron chi connectivity index (χ0n) is 10.1. The van der Waals surface area contributed by atoms with Gasteiger partial charge in [0.15, 0.2) is 5.82 Å². The first-order valence-electron chi connectivity index (χ1n) is 5.84. The van der Waals surface area contributed by atoms with Crippen molar-refractivity contribution in [2.75, 3.05) is 0 Å². The van der Waals surface area contributed by atoms with E-state index >= 15 is 0 Å². The molecule has 92 valence electrons. The van der Waals surface area contributed by atoms with E-state index in [4.69, 9.17) is 0 Å². The van der Waals surface area contributed by atoms with E-state index in [0.29, 0.717) is 0 Å². The van der Waals surface area contributed by atoms with E-state index in [2.05, 4.69) is 25.4 Å². The Morgan fingerprint density at radius 1 is 0.842 bits per heavy atom. The number of H-pyrrole nitrogens is 1. The van der Waals surface area contributed by atoms with Crippen molar-refractivity contribution < 1.29 is 0 Å². The highest BCUT2D eigenvalue weighted by molar-refractivity contribution is 5.60. The lowest BCUT2D eigenvalue weighted by molar-refractivity contribution is 1.09. The van der Waals surface area contributed by atoms with Crippen molar-refractivity contribution in [1.29, 1.82) is 0 Å². The number of aromatic amines is 1. The van der Waals surface area contributed by atoms with Gasteiger partial charge in [-0.15, -0.1) is 0 Å². The molecule has 1 N–H and O–H groups in total. The molecule has 0 aliphatic heterocycles. The van der Waals surface area contributed by atoms with Gasteiger partial charge in [-0.05, 0) is 24.3 Å². The lowest BCUT2D eigenvalue weighted by atomic mass is 10.2. The molecule has 0 unspecified atom stereocenters. The largest absolute Gasteiger partial charge is 0.259 e. The van der Waals surface area contributed by atoms with Gasteiger partial charge in [0.2, 0.25) is 0 Å². The van der Waals surface area contributed by atoms with Gasteiger partial charge < -0.3 is 0 Å². The highest BCUT2D eigenvalue weighted by Gasteiger charge is 2.00. The minimum absolute atomic E-state index is 0.719. The zero-order chi connectivity index (χ0) is 12.9. The monoisotopic (exact) mass is 249 g/mol. The van der Waals surface area contributed by atoms with E-state index in [-0.39, 0.29) is 0 Å². The summed E-state index contributed by atoms with van der Waals surface area (Å²) >= 11 is 0. The second-order valence-corrected chi connectivity index (χ2v) is 3.92. The van der Waals surface area contributed by atoms with Crippen molar-refractivity contribution in [3.8, 4) is 11.4 Å². The smallest absolute Gasteiger partial charge is 0.155 e. The first kappa shape index (κ1) is 11.3.